The molecule has 3 heteroatoms. The zero-order chi connectivity index (χ0) is 13.8. The van der Waals surface area contributed by atoms with Gasteiger partial charge in [-0.05, 0) is 48.1 Å². The number of nitrogens with one attached hydrogen (secondary N) is 1. The van der Waals surface area contributed by atoms with Crippen LogP contribution in [0.15, 0.2) is 18.2 Å². The Hall–Kier alpha value is -0.600. The van der Waals surface area contributed by atoms with Crippen molar-refractivity contribution in [1.82, 2.24) is 5.32 Å². The minimum atomic E-state index is -0.164. The molecule has 1 nitrogen and oxygen atoms in total. The van der Waals surface area contributed by atoms with Gasteiger partial charge in [0.2, 0.25) is 0 Å². The van der Waals surface area contributed by atoms with Crippen LogP contribution in [0.3, 0.4) is 0 Å². The van der Waals surface area contributed by atoms with Crippen LogP contribution >= 0.6 is 11.6 Å². The molecule has 0 aromatic heterocycles. The van der Waals surface area contributed by atoms with Crippen molar-refractivity contribution in [3.63, 3.8) is 0 Å². The summed E-state index contributed by atoms with van der Waals surface area (Å²) >= 11 is 5.95. The van der Waals surface area contributed by atoms with Crippen LogP contribution in [0.4, 0.5) is 4.39 Å². The Labute approximate surface area is 115 Å². The third-order valence-corrected chi connectivity index (χ3v) is 4.01. The summed E-state index contributed by atoms with van der Waals surface area (Å²) in [6.45, 7) is 10.5. The first kappa shape index (κ1) is 15.5. The fourth-order valence-electron chi connectivity index (χ4n) is 2.00. The van der Waals surface area contributed by atoms with E-state index in [-0.39, 0.29) is 11.2 Å². The van der Waals surface area contributed by atoms with Gasteiger partial charge < -0.3 is 5.32 Å². The number of hydrogen-bond acceptors (Lipinski definition) is 1. The maximum absolute atomic E-state index is 13.8. The molecule has 1 N–H and O–H groups in total. The Morgan fingerprint density at radius 1 is 1.39 bits per heavy atom. The molecule has 1 unspecified atom stereocenters. The van der Waals surface area contributed by atoms with Crippen molar-refractivity contribution in [2.45, 2.75) is 34.1 Å². The van der Waals surface area contributed by atoms with Gasteiger partial charge in [0.25, 0.3) is 0 Å². The number of rotatable bonds is 6. The third-order valence-electron chi connectivity index (χ3n) is 3.77. The van der Waals surface area contributed by atoms with E-state index in [0.717, 1.165) is 13.1 Å². The Morgan fingerprint density at radius 2 is 2.06 bits per heavy atom. The van der Waals surface area contributed by atoms with Crippen LogP contribution < -0.4 is 5.32 Å². The SMILES string of the molecule is CCNCC(C)(Cc1cc(Cl)ccc1F)C(C)C. The van der Waals surface area contributed by atoms with Crippen LogP contribution in [0, 0.1) is 17.2 Å². The predicted octanol–water partition coefficient (Wildman–Crippen LogP) is 4.29. The van der Waals surface area contributed by atoms with E-state index in [0.29, 0.717) is 22.9 Å². The van der Waals surface area contributed by atoms with Gasteiger partial charge in [-0.2, -0.15) is 0 Å². The Bertz CT molecular complexity index is 392. The van der Waals surface area contributed by atoms with Gasteiger partial charge in [-0.15, -0.1) is 0 Å². The van der Waals surface area contributed by atoms with Crippen molar-refractivity contribution in [2.75, 3.05) is 13.1 Å². The first-order chi connectivity index (χ1) is 8.39. The Kier molecular flexibility index (Phi) is 5.61. The molecule has 102 valence electrons. The molecule has 0 aliphatic heterocycles. The molecule has 18 heavy (non-hydrogen) atoms. The van der Waals surface area contributed by atoms with Crippen molar-refractivity contribution in [3.05, 3.63) is 34.6 Å². The van der Waals surface area contributed by atoms with E-state index >= 15 is 0 Å². The molecule has 1 rings (SSSR count). The third kappa shape index (κ3) is 3.96. The molecular formula is C15H23ClFN. The molecule has 0 amide bonds. The summed E-state index contributed by atoms with van der Waals surface area (Å²) in [5, 5.41) is 3.97. The average molecular weight is 272 g/mol. The van der Waals surface area contributed by atoms with Crippen LogP contribution in [-0.4, -0.2) is 13.1 Å². The summed E-state index contributed by atoms with van der Waals surface area (Å²) in [4.78, 5) is 0. The lowest BCUT2D eigenvalue weighted by Crippen LogP contribution is -2.38. The smallest absolute Gasteiger partial charge is 0.126 e. The first-order valence-electron chi connectivity index (χ1n) is 6.53. The molecule has 1 atom stereocenters. The van der Waals surface area contributed by atoms with Gasteiger partial charge in [0.15, 0.2) is 0 Å². The summed E-state index contributed by atoms with van der Waals surface area (Å²) in [5.41, 5.74) is 0.734. The zero-order valence-corrected chi connectivity index (χ0v) is 12.4. The minimum absolute atomic E-state index is 0.0293. The highest BCUT2D eigenvalue weighted by molar-refractivity contribution is 6.30. The number of halogens is 2. The van der Waals surface area contributed by atoms with E-state index in [4.69, 9.17) is 11.6 Å². The average Bonchev–Trinajstić information content (AvgIpc) is 2.31. The molecule has 1 aromatic rings. The molecule has 0 radical (unpaired) electrons. The fourth-order valence-corrected chi connectivity index (χ4v) is 2.19. The van der Waals surface area contributed by atoms with Gasteiger partial charge >= 0.3 is 0 Å². The van der Waals surface area contributed by atoms with Crippen molar-refractivity contribution < 1.29 is 4.39 Å². The van der Waals surface area contributed by atoms with Gasteiger partial charge in [-0.25, -0.2) is 4.39 Å². The normalized spacial score (nSPS) is 14.8. The van der Waals surface area contributed by atoms with Gasteiger partial charge in [-0.3, -0.25) is 0 Å². The maximum atomic E-state index is 13.8. The summed E-state index contributed by atoms with van der Waals surface area (Å²) < 4.78 is 13.8. The monoisotopic (exact) mass is 271 g/mol. The summed E-state index contributed by atoms with van der Waals surface area (Å²) in [6.07, 6.45) is 0.698. The second-order valence-electron chi connectivity index (χ2n) is 5.50. The highest BCUT2D eigenvalue weighted by atomic mass is 35.5. The second kappa shape index (κ2) is 6.53. The second-order valence-corrected chi connectivity index (χ2v) is 5.94. The Balaban J connectivity index is 2.92. The highest BCUT2D eigenvalue weighted by Gasteiger charge is 2.29. The molecule has 0 fully saturated rings. The largest absolute Gasteiger partial charge is 0.316 e. The van der Waals surface area contributed by atoms with Crippen LogP contribution in [-0.2, 0) is 6.42 Å². The lowest BCUT2D eigenvalue weighted by atomic mass is 9.74. The molecule has 1 aromatic carbocycles. The van der Waals surface area contributed by atoms with Crippen LogP contribution in [0.1, 0.15) is 33.3 Å². The quantitative estimate of drug-likeness (QED) is 0.814. The summed E-state index contributed by atoms with van der Waals surface area (Å²) in [7, 11) is 0. The first-order valence-corrected chi connectivity index (χ1v) is 6.91. The Morgan fingerprint density at radius 3 is 2.61 bits per heavy atom. The molecule has 0 saturated carbocycles. The predicted molar refractivity (Wildman–Crippen MR) is 76.6 cm³/mol. The maximum Gasteiger partial charge on any atom is 0.126 e. The van der Waals surface area contributed by atoms with E-state index in [1.54, 1.807) is 12.1 Å². The fraction of sp³-hybridized carbons (Fsp3) is 0.600. The zero-order valence-electron chi connectivity index (χ0n) is 11.7. The topological polar surface area (TPSA) is 12.0 Å². The van der Waals surface area contributed by atoms with Gasteiger partial charge in [0, 0.05) is 11.6 Å². The minimum Gasteiger partial charge on any atom is -0.316 e. The van der Waals surface area contributed by atoms with Crippen LogP contribution in [0.5, 0.6) is 0 Å². The number of benzene rings is 1. The molecule has 0 bridgehead atoms. The molecule has 0 aliphatic rings. The molecular weight excluding hydrogens is 249 g/mol. The van der Waals surface area contributed by atoms with E-state index in [2.05, 4.69) is 33.0 Å². The lowest BCUT2D eigenvalue weighted by molar-refractivity contribution is 0.207. The van der Waals surface area contributed by atoms with Gasteiger partial charge in [0.05, 0.1) is 0 Å². The van der Waals surface area contributed by atoms with Crippen molar-refractivity contribution in [1.29, 1.82) is 0 Å². The van der Waals surface area contributed by atoms with Crippen molar-refractivity contribution in [3.8, 4) is 0 Å². The lowest BCUT2D eigenvalue weighted by Gasteiger charge is -2.34. The summed E-state index contributed by atoms with van der Waals surface area (Å²) in [6, 6.07) is 4.78. The van der Waals surface area contributed by atoms with Crippen molar-refractivity contribution >= 4 is 11.6 Å². The van der Waals surface area contributed by atoms with E-state index in [1.165, 1.54) is 6.07 Å². The van der Waals surface area contributed by atoms with Crippen LogP contribution in [0.25, 0.3) is 0 Å². The molecule has 0 heterocycles. The van der Waals surface area contributed by atoms with E-state index in [9.17, 15) is 4.39 Å². The molecule has 0 saturated heterocycles. The highest BCUT2D eigenvalue weighted by Crippen LogP contribution is 2.32. The van der Waals surface area contributed by atoms with Crippen molar-refractivity contribution in [2.24, 2.45) is 11.3 Å². The van der Waals surface area contributed by atoms with Crippen LogP contribution in [0.2, 0.25) is 5.02 Å². The van der Waals surface area contributed by atoms with E-state index in [1.807, 2.05) is 0 Å². The van der Waals surface area contributed by atoms with Gasteiger partial charge in [0.1, 0.15) is 5.82 Å². The number of hydrogen-bond donors (Lipinski definition) is 1. The van der Waals surface area contributed by atoms with E-state index < -0.39 is 0 Å². The standard InChI is InChI=1S/C15H23ClFN/c1-5-18-10-15(4,11(2)3)9-12-8-13(16)6-7-14(12)17/h6-8,11,18H,5,9-10H2,1-4H3. The molecule has 0 aliphatic carbocycles. The molecule has 0 spiro atoms. The van der Waals surface area contributed by atoms with Gasteiger partial charge in [-0.1, -0.05) is 39.3 Å². The summed E-state index contributed by atoms with van der Waals surface area (Å²) in [5.74, 6) is 0.303.